The van der Waals surface area contributed by atoms with Crippen LogP contribution in [0.2, 0.25) is 0 Å². The number of nitrogens with one attached hydrogen (secondary N) is 1. The molecule has 4 heteroatoms. The Labute approximate surface area is 128 Å². The van der Waals surface area contributed by atoms with Gasteiger partial charge >= 0.3 is 0 Å². The van der Waals surface area contributed by atoms with Crippen LogP contribution in [-0.4, -0.2) is 11.5 Å². The molecule has 0 aliphatic rings. The minimum atomic E-state index is 0.429. The Bertz CT molecular complexity index is 749. The molecule has 0 saturated carbocycles. The van der Waals surface area contributed by atoms with E-state index in [-0.39, 0.29) is 0 Å². The molecule has 108 valence electrons. The van der Waals surface area contributed by atoms with E-state index < -0.39 is 0 Å². The van der Waals surface area contributed by atoms with Gasteiger partial charge in [-0.05, 0) is 30.5 Å². The lowest BCUT2D eigenvalue weighted by Gasteiger charge is -2.15. The topological polar surface area (TPSA) is 50.9 Å². The van der Waals surface area contributed by atoms with E-state index in [1.165, 1.54) is 5.56 Å². The number of aryl methyl sites for hydroxylation is 1. The van der Waals surface area contributed by atoms with Gasteiger partial charge in [0.1, 0.15) is 0 Å². The molecular weight excluding hydrogens is 278 g/mol. The van der Waals surface area contributed by atoms with Crippen LogP contribution in [-0.2, 0) is 0 Å². The summed E-state index contributed by atoms with van der Waals surface area (Å²) in [6.45, 7) is 5.08. The molecule has 1 aromatic heterocycles. The molecule has 3 rings (SSSR count). The number of benzene rings is 2. The van der Waals surface area contributed by atoms with Gasteiger partial charge in [0.2, 0.25) is 0 Å². The second-order valence-corrected chi connectivity index (χ2v) is 6.57. The van der Waals surface area contributed by atoms with E-state index >= 15 is 0 Å². The first kappa shape index (κ1) is 13.9. The summed E-state index contributed by atoms with van der Waals surface area (Å²) in [5.74, 6) is 0.429. The fourth-order valence-electron chi connectivity index (χ4n) is 2.42. The van der Waals surface area contributed by atoms with E-state index in [2.05, 4.69) is 41.5 Å². The third-order valence-corrected chi connectivity index (χ3v) is 4.57. The molecule has 3 nitrogen and oxygen atoms in total. The number of rotatable bonds is 4. The molecule has 1 atom stereocenters. The maximum atomic E-state index is 6.14. The Morgan fingerprint density at radius 2 is 2.00 bits per heavy atom. The number of anilines is 2. The monoisotopic (exact) mass is 297 g/mol. The number of hydrogen-bond acceptors (Lipinski definition) is 4. The van der Waals surface area contributed by atoms with Gasteiger partial charge in [-0.3, -0.25) is 0 Å². The van der Waals surface area contributed by atoms with Gasteiger partial charge in [0, 0.05) is 6.54 Å². The Hall–Kier alpha value is -2.07. The number of aromatic nitrogens is 1. The Balaban J connectivity index is 1.77. The van der Waals surface area contributed by atoms with Crippen LogP contribution in [0.15, 0.2) is 42.5 Å². The maximum absolute atomic E-state index is 6.14. The SMILES string of the molecule is Cc1nc2cc(NCC(C)c3ccccc3)c(N)cc2s1. The van der Waals surface area contributed by atoms with Gasteiger partial charge in [-0.15, -0.1) is 11.3 Å². The van der Waals surface area contributed by atoms with Crippen LogP contribution in [0.1, 0.15) is 23.4 Å². The molecule has 0 saturated heterocycles. The zero-order valence-corrected chi connectivity index (χ0v) is 13.1. The van der Waals surface area contributed by atoms with Crippen molar-refractivity contribution in [2.45, 2.75) is 19.8 Å². The van der Waals surface area contributed by atoms with Crippen LogP contribution < -0.4 is 11.1 Å². The van der Waals surface area contributed by atoms with Crippen LogP contribution in [0.25, 0.3) is 10.2 Å². The fourth-order valence-corrected chi connectivity index (χ4v) is 3.28. The number of fused-ring (bicyclic) bond motifs is 1. The molecular formula is C17H19N3S. The zero-order valence-electron chi connectivity index (χ0n) is 12.3. The fraction of sp³-hybridized carbons (Fsp3) is 0.235. The second-order valence-electron chi connectivity index (χ2n) is 5.33. The molecule has 2 aromatic carbocycles. The molecule has 0 amide bonds. The maximum Gasteiger partial charge on any atom is 0.0907 e. The quantitative estimate of drug-likeness (QED) is 0.702. The predicted octanol–water partition coefficient (Wildman–Crippen LogP) is 4.40. The van der Waals surface area contributed by atoms with E-state index in [1.54, 1.807) is 11.3 Å². The first-order chi connectivity index (χ1) is 10.1. The van der Waals surface area contributed by atoms with E-state index in [0.717, 1.165) is 33.1 Å². The van der Waals surface area contributed by atoms with Gasteiger partial charge in [0.25, 0.3) is 0 Å². The molecule has 0 aliphatic heterocycles. The number of nitrogens with two attached hydrogens (primary N) is 1. The lowest BCUT2D eigenvalue weighted by molar-refractivity contribution is 0.805. The number of nitrogens with zero attached hydrogens (tertiary/aromatic N) is 1. The normalized spacial score (nSPS) is 12.5. The van der Waals surface area contributed by atoms with Crippen molar-refractivity contribution in [3.8, 4) is 0 Å². The molecule has 21 heavy (non-hydrogen) atoms. The van der Waals surface area contributed by atoms with E-state index in [1.807, 2.05) is 25.1 Å². The van der Waals surface area contributed by atoms with Gasteiger partial charge in [0.05, 0.1) is 26.6 Å². The van der Waals surface area contributed by atoms with Crippen molar-refractivity contribution in [3.05, 3.63) is 53.0 Å². The molecule has 3 N–H and O–H groups in total. The summed E-state index contributed by atoms with van der Waals surface area (Å²) in [6, 6.07) is 14.6. The molecule has 0 spiro atoms. The van der Waals surface area contributed by atoms with Crippen molar-refractivity contribution < 1.29 is 0 Å². The summed E-state index contributed by atoms with van der Waals surface area (Å²) in [6.07, 6.45) is 0. The Morgan fingerprint density at radius 1 is 1.24 bits per heavy atom. The van der Waals surface area contributed by atoms with Gasteiger partial charge in [-0.25, -0.2) is 4.98 Å². The summed E-state index contributed by atoms with van der Waals surface area (Å²) in [5, 5.41) is 4.52. The van der Waals surface area contributed by atoms with Crippen LogP contribution in [0.4, 0.5) is 11.4 Å². The van der Waals surface area contributed by atoms with Gasteiger partial charge in [0.15, 0.2) is 0 Å². The first-order valence-electron chi connectivity index (χ1n) is 7.09. The van der Waals surface area contributed by atoms with Crippen molar-refractivity contribution in [2.75, 3.05) is 17.6 Å². The third-order valence-electron chi connectivity index (χ3n) is 3.63. The lowest BCUT2D eigenvalue weighted by Crippen LogP contribution is -2.11. The molecule has 3 aromatic rings. The summed E-state index contributed by atoms with van der Waals surface area (Å²) >= 11 is 1.68. The van der Waals surface area contributed by atoms with Gasteiger partial charge in [-0.1, -0.05) is 37.3 Å². The molecule has 0 fully saturated rings. The number of nitrogen functional groups attached to an aromatic ring is 1. The van der Waals surface area contributed by atoms with E-state index in [0.29, 0.717) is 5.92 Å². The van der Waals surface area contributed by atoms with Crippen molar-refractivity contribution in [2.24, 2.45) is 0 Å². The van der Waals surface area contributed by atoms with Crippen molar-refractivity contribution >= 4 is 32.9 Å². The largest absolute Gasteiger partial charge is 0.397 e. The average Bonchev–Trinajstić information content (AvgIpc) is 2.84. The summed E-state index contributed by atoms with van der Waals surface area (Å²) in [4.78, 5) is 4.52. The van der Waals surface area contributed by atoms with Crippen LogP contribution in [0.3, 0.4) is 0 Å². The average molecular weight is 297 g/mol. The van der Waals surface area contributed by atoms with Gasteiger partial charge < -0.3 is 11.1 Å². The van der Waals surface area contributed by atoms with Crippen molar-refractivity contribution in [3.63, 3.8) is 0 Å². The molecule has 0 aliphatic carbocycles. The third kappa shape index (κ3) is 3.00. The first-order valence-corrected chi connectivity index (χ1v) is 7.90. The number of thiazole rings is 1. The Kier molecular flexibility index (Phi) is 3.80. The number of hydrogen-bond donors (Lipinski definition) is 2. The standard InChI is InChI=1S/C17H19N3S/c1-11(13-6-4-3-5-7-13)10-19-15-9-16-17(8-14(15)18)21-12(2)20-16/h3-9,11,19H,10,18H2,1-2H3. The zero-order chi connectivity index (χ0) is 14.8. The minimum Gasteiger partial charge on any atom is -0.397 e. The highest BCUT2D eigenvalue weighted by molar-refractivity contribution is 7.18. The van der Waals surface area contributed by atoms with Crippen molar-refractivity contribution in [1.29, 1.82) is 0 Å². The Morgan fingerprint density at radius 3 is 2.76 bits per heavy atom. The molecule has 1 heterocycles. The van der Waals surface area contributed by atoms with E-state index in [9.17, 15) is 0 Å². The van der Waals surface area contributed by atoms with E-state index in [4.69, 9.17) is 5.73 Å². The lowest BCUT2D eigenvalue weighted by atomic mass is 10.0. The molecule has 1 unspecified atom stereocenters. The van der Waals surface area contributed by atoms with Crippen LogP contribution >= 0.6 is 11.3 Å². The highest BCUT2D eigenvalue weighted by Crippen LogP contribution is 2.30. The highest BCUT2D eigenvalue weighted by atomic mass is 32.1. The molecule has 0 radical (unpaired) electrons. The second kappa shape index (κ2) is 5.74. The van der Waals surface area contributed by atoms with Crippen LogP contribution in [0.5, 0.6) is 0 Å². The van der Waals surface area contributed by atoms with Crippen LogP contribution in [0, 0.1) is 6.92 Å². The summed E-state index contributed by atoms with van der Waals surface area (Å²) < 4.78 is 1.15. The minimum absolute atomic E-state index is 0.429. The van der Waals surface area contributed by atoms with Gasteiger partial charge in [-0.2, -0.15) is 0 Å². The predicted molar refractivity (Wildman–Crippen MR) is 92.1 cm³/mol. The smallest absolute Gasteiger partial charge is 0.0907 e. The summed E-state index contributed by atoms with van der Waals surface area (Å²) in [7, 11) is 0. The highest BCUT2D eigenvalue weighted by Gasteiger charge is 2.09. The summed E-state index contributed by atoms with van der Waals surface area (Å²) in [5.41, 5.74) is 10.2. The molecule has 0 bridgehead atoms. The van der Waals surface area contributed by atoms with Crippen molar-refractivity contribution in [1.82, 2.24) is 4.98 Å².